The van der Waals surface area contributed by atoms with Gasteiger partial charge in [-0.2, -0.15) is 0 Å². The monoisotopic (exact) mass is 345 g/mol. The average Bonchev–Trinajstić information content (AvgIpc) is 2.10. The smallest absolute Gasteiger partial charge is 0.262 e. The fourth-order valence-electron chi connectivity index (χ4n) is 2.23. The highest BCUT2D eigenvalue weighted by molar-refractivity contribution is 9.09. The second kappa shape index (κ2) is 6.09. The largest absolute Gasteiger partial charge is 0.284 e. The van der Waals surface area contributed by atoms with Crippen molar-refractivity contribution in [2.24, 2.45) is 0 Å². The summed E-state index contributed by atoms with van der Waals surface area (Å²) >= 11 is 3.37. The molecule has 1 N–H and O–H groups in total. The van der Waals surface area contributed by atoms with Gasteiger partial charge >= 0.3 is 0 Å². The van der Waals surface area contributed by atoms with Crippen LogP contribution in [0.5, 0.6) is 0 Å². The van der Waals surface area contributed by atoms with Crippen molar-refractivity contribution in [1.29, 1.82) is 0 Å². The molecule has 3 nitrogen and oxygen atoms in total. The van der Waals surface area contributed by atoms with E-state index in [1.165, 1.54) is 0 Å². The highest BCUT2D eigenvalue weighted by Gasteiger charge is 2.19. The fraction of sp³-hybridized carbons (Fsp3) is 0.429. The zero-order valence-corrected chi connectivity index (χ0v) is 14.3. The van der Waals surface area contributed by atoms with E-state index in [4.69, 9.17) is 0 Å². The average molecular weight is 346 g/mol. The second-order valence-corrected chi connectivity index (χ2v) is 7.92. The van der Waals surface area contributed by atoms with Gasteiger partial charge in [0.25, 0.3) is 10.0 Å². The van der Waals surface area contributed by atoms with Crippen LogP contribution in [-0.2, 0) is 10.0 Å². The highest BCUT2D eigenvalue weighted by atomic mass is 79.9. The number of aryl methyl sites for hydroxylation is 3. The topological polar surface area (TPSA) is 46.2 Å². The molecule has 1 aromatic rings. The van der Waals surface area contributed by atoms with Gasteiger partial charge in [0, 0.05) is 10.5 Å². The van der Waals surface area contributed by atoms with Crippen LogP contribution in [0.4, 0.5) is 0 Å². The molecule has 0 bridgehead atoms. The first-order chi connectivity index (χ1) is 8.63. The minimum Gasteiger partial charge on any atom is -0.284 e. The van der Waals surface area contributed by atoms with Crippen molar-refractivity contribution in [3.8, 4) is 0 Å². The molecule has 19 heavy (non-hydrogen) atoms. The third kappa shape index (κ3) is 4.35. The SMILES string of the molecule is C/C(=C\C(C)Br)NS(=O)(=O)c1c(C)cc(C)cc1C. The van der Waals surface area contributed by atoms with Crippen molar-refractivity contribution in [3.05, 3.63) is 40.6 Å². The van der Waals surface area contributed by atoms with E-state index in [-0.39, 0.29) is 4.83 Å². The first-order valence-electron chi connectivity index (χ1n) is 6.06. The minimum atomic E-state index is -3.52. The van der Waals surface area contributed by atoms with Crippen molar-refractivity contribution >= 4 is 26.0 Å². The van der Waals surface area contributed by atoms with Crippen molar-refractivity contribution in [2.75, 3.05) is 0 Å². The van der Waals surface area contributed by atoms with Crippen LogP contribution in [0, 0.1) is 20.8 Å². The Kier molecular flexibility index (Phi) is 5.21. The third-order valence-electron chi connectivity index (χ3n) is 2.65. The number of benzene rings is 1. The van der Waals surface area contributed by atoms with Crippen LogP contribution in [0.3, 0.4) is 0 Å². The van der Waals surface area contributed by atoms with Gasteiger partial charge in [-0.3, -0.25) is 4.72 Å². The first-order valence-corrected chi connectivity index (χ1v) is 8.46. The van der Waals surface area contributed by atoms with Crippen LogP contribution in [0.25, 0.3) is 0 Å². The summed E-state index contributed by atoms with van der Waals surface area (Å²) in [5.74, 6) is 0. The van der Waals surface area contributed by atoms with E-state index in [0.717, 1.165) is 16.7 Å². The Morgan fingerprint density at radius 1 is 1.26 bits per heavy atom. The third-order valence-corrected chi connectivity index (χ3v) is 4.68. The maximum atomic E-state index is 12.4. The molecule has 0 aliphatic carbocycles. The van der Waals surface area contributed by atoms with Crippen LogP contribution < -0.4 is 4.72 Å². The quantitative estimate of drug-likeness (QED) is 0.847. The molecule has 0 aliphatic heterocycles. The van der Waals surface area contributed by atoms with E-state index in [2.05, 4.69) is 20.7 Å². The lowest BCUT2D eigenvalue weighted by molar-refractivity contribution is 0.587. The van der Waals surface area contributed by atoms with Gasteiger partial charge in [-0.05, 0) is 45.7 Å². The highest BCUT2D eigenvalue weighted by Crippen LogP contribution is 2.22. The summed E-state index contributed by atoms with van der Waals surface area (Å²) in [7, 11) is -3.52. The molecule has 0 aromatic heterocycles. The van der Waals surface area contributed by atoms with Gasteiger partial charge < -0.3 is 0 Å². The molecular weight excluding hydrogens is 326 g/mol. The van der Waals surface area contributed by atoms with Gasteiger partial charge in [0.2, 0.25) is 0 Å². The molecule has 0 fully saturated rings. The van der Waals surface area contributed by atoms with Crippen molar-refractivity contribution < 1.29 is 8.42 Å². The molecule has 0 heterocycles. The molecule has 1 atom stereocenters. The van der Waals surface area contributed by atoms with E-state index >= 15 is 0 Å². The molecule has 0 saturated carbocycles. The van der Waals surface area contributed by atoms with Gasteiger partial charge in [-0.1, -0.05) is 39.7 Å². The Morgan fingerprint density at radius 2 is 1.74 bits per heavy atom. The summed E-state index contributed by atoms with van der Waals surface area (Å²) in [6, 6.07) is 3.77. The Morgan fingerprint density at radius 3 is 2.16 bits per heavy atom. The van der Waals surface area contributed by atoms with Gasteiger partial charge in [-0.15, -0.1) is 0 Å². The molecular formula is C14H20BrNO2S. The summed E-state index contributed by atoms with van der Waals surface area (Å²) < 4.78 is 27.4. The molecule has 0 saturated heterocycles. The van der Waals surface area contributed by atoms with Crippen molar-refractivity contribution in [3.63, 3.8) is 0 Å². The lowest BCUT2D eigenvalue weighted by Gasteiger charge is -2.14. The Balaban J connectivity index is 3.22. The van der Waals surface area contributed by atoms with E-state index in [9.17, 15) is 8.42 Å². The maximum absolute atomic E-state index is 12.4. The zero-order chi connectivity index (χ0) is 14.8. The van der Waals surface area contributed by atoms with E-state index in [1.807, 2.05) is 45.9 Å². The molecule has 0 amide bonds. The predicted molar refractivity (Wildman–Crippen MR) is 83.1 cm³/mol. The van der Waals surface area contributed by atoms with Gasteiger partial charge in [0.1, 0.15) is 0 Å². The molecule has 1 rings (SSSR count). The number of hydrogen-bond acceptors (Lipinski definition) is 2. The minimum absolute atomic E-state index is 0.121. The molecule has 0 aliphatic rings. The summed E-state index contributed by atoms with van der Waals surface area (Å²) in [5, 5.41) is 0. The molecule has 1 unspecified atom stereocenters. The summed E-state index contributed by atoms with van der Waals surface area (Å²) in [4.78, 5) is 0.489. The first kappa shape index (κ1) is 16.2. The van der Waals surface area contributed by atoms with Crippen molar-refractivity contribution in [1.82, 2.24) is 4.72 Å². The van der Waals surface area contributed by atoms with E-state index < -0.39 is 10.0 Å². The molecule has 5 heteroatoms. The predicted octanol–water partition coefficient (Wildman–Crippen LogP) is 3.58. The molecule has 106 valence electrons. The molecule has 0 spiro atoms. The number of allylic oxidation sites excluding steroid dienone is 2. The second-order valence-electron chi connectivity index (χ2n) is 4.86. The number of alkyl halides is 1. The fourth-order valence-corrected chi connectivity index (χ4v) is 4.19. The van der Waals surface area contributed by atoms with Gasteiger partial charge in [0.05, 0.1) is 4.90 Å². The van der Waals surface area contributed by atoms with Crippen LogP contribution in [-0.4, -0.2) is 13.2 Å². The normalized spacial score (nSPS) is 14.3. The van der Waals surface area contributed by atoms with E-state index in [0.29, 0.717) is 10.6 Å². The van der Waals surface area contributed by atoms with E-state index in [1.54, 1.807) is 6.92 Å². The zero-order valence-electron chi connectivity index (χ0n) is 11.9. The number of nitrogens with one attached hydrogen (secondary N) is 1. The van der Waals surface area contributed by atoms with Gasteiger partial charge in [0.15, 0.2) is 0 Å². The number of hydrogen-bond donors (Lipinski definition) is 1. The Hall–Kier alpha value is -0.810. The Labute approximate surface area is 124 Å². The van der Waals surface area contributed by atoms with Gasteiger partial charge in [-0.25, -0.2) is 8.42 Å². The van der Waals surface area contributed by atoms with Crippen LogP contribution in [0.2, 0.25) is 0 Å². The lowest BCUT2D eigenvalue weighted by Crippen LogP contribution is -2.24. The molecule has 0 radical (unpaired) electrons. The number of halogens is 1. The number of sulfonamides is 1. The lowest BCUT2D eigenvalue weighted by atomic mass is 10.1. The van der Waals surface area contributed by atoms with Crippen LogP contribution >= 0.6 is 15.9 Å². The summed E-state index contributed by atoms with van der Waals surface area (Å²) in [5.41, 5.74) is 3.22. The number of rotatable bonds is 4. The van der Waals surface area contributed by atoms with Crippen LogP contribution in [0.15, 0.2) is 28.8 Å². The molecule has 1 aromatic carbocycles. The van der Waals surface area contributed by atoms with Crippen LogP contribution in [0.1, 0.15) is 30.5 Å². The summed E-state index contributed by atoms with van der Waals surface area (Å²) in [6.07, 6.45) is 1.82. The summed E-state index contributed by atoms with van der Waals surface area (Å²) in [6.45, 7) is 9.28. The Bertz CT molecular complexity index is 581. The van der Waals surface area contributed by atoms with Crippen molar-refractivity contribution in [2.45, 2.75) is 44.3 Å². The standard InChI is InChI=1S/C14H20BrNO2S/c1-9-6-10(2)14(11(3)7-9)19(17,18)16-13(5)8-12(4)15/h6-8,12,16H,1-5H3/b13-8+. The maximum Gasteiger partial charge on any atom is 0.262 e.